The second-order valence-corrected chi connectivity index (χ2v) is 7.93. The molecule has 0 bridgehead atoms. The van der Waals surface area contributed by atoms with Crippen LogP contribution in [0.3, 0.4) is 0 Å². The van der Waals surface area contributed by atoms with E-state index in [0.29, 0.717) is 11.0 Å². The highest BCUT2D eigenvalue weighted by atomic mass is 32.1. The number of carbonyl (C=O) groups is 1. The van der Waals surface area contributed by atoms with Crippen LogP contribution in [-0.4, -0.2) is 52.2 Å². The molecule has 2 fully saturated rings. The SMILES string of the molecule is CC[C@H](C)[C@H]1NC2(CCN(C(=S)Nc3ccc(F)cc3)CC2)N(CC)C1=O. The van der Waals surface area contributed by atoms with E-state index in [0.717, 1.165) is 44.6 Å². The molecule has 1 amide bonds. The topological polar surface area (TPSA) is 47.6 Å². The smallest absolute Gasteiger partial charge is 0.241 e. The zero-order valence-corrected chi connectivity index (χ0v) is 17.1. The van der Waals surface area contributed by atoms with Crippen molar-refractivity contribution in [3.05, 3.63) is 30.1 Å². The van der Waals surface area contributed by atoms with E-state index in [4.69, 9.17) is 12.2 Å². The van der Waals surface area contributed by atoms with Crippen LogP contribution in [-0.2, 0) is 4.79 Å². The molecule has 1 aromatic rings. The van der Waals surface area contributed by atoms with Crippen LogP contribution in [0.15, 0.2) is 24.3 Å². The predicted molar refractivity (Wildman–Crippen MR) is 110 cm³/mol. The first-order chi connectivity index (χ1) is 12.9. The van der Waals surface area contributed by atoms with Crippen molar-refractivity contribution < 1.29 is 9.18 Å². The Bertz CT molecular complexity index is 688. The molecule has 148 valence electrons. The minimum Gasteiger partial charge on any atom is -0.349 e. The lowest BCUT2D eigenvalue weighted by atomic mass is 9.95. The van der Waals surface area contributed by atoms with E-state index < -0.39 is 0 Å². The van der Waals surface area contributed by atoms with Crippen molar-refractivity contribution in [2.24, 2.45) is 5.92 Å². The van der Waals surface area contributed by atoms with Gasteiger partial charge in [-0.2, -0.15) is 0 Å². The van der Waals surface area contributed by atoms with E-state index in [-0.39, 0.29) is 23.4 Å². The Morgan fingerprint density at radius 2 is 1.96 bits per heavy atom. The number of carbonyl (C=O) groups excluding carboxylic acids is 1. The van der Waals surface area contributed by atoms with Crippen LogP contribution < -0.4 is 10.6 Å². The van der Waals surface area contributed by atoms with E-state index >= 15 is 0 Å². The van der Waals surface area contributed by atoms with Crippen LogP contribution >= 0.6 is 12.2 Å². The molecule has 2 N–H and O–H groups in total. The van der Waals surface area contributed by atoms with Gasteiger partial charge in [-0.15, -0.1) is 0 Å². The van der Waals surface area contributed by atoms with Crippen molar-refractivity contribution in [3.8, 4) is 0 Å². The number of hydrogen-bond acceptors (Lipinski definition) is 3. The van der Waals surface area contributed by atoms with Crippen LogP contribution in [0.2, 0.25) is 0 Å². The van der Waals surface area contributed by atoms with Gasteiger partial charge in [-0.1, -0.05) is 20.3 Å². The van der Waals surface area contributed by atoms with Gasteiger partial charge in [-0.05, 0) is 49.3 Å². The minimum atomic E-state index is -0.265. The van der Waals surface area contributed by atoms with E-state index in [1.807, 2.05) is 11.8 Å². The normalized spacial score (nSPS) is 23.0. The molecule has 0 saturated carbocycles. The number of thiocarbonyl (C=S) groups is 1. The molecule has 2 atom stereocenters. The summed E-state index contributed by atoms with van der Waals surface area (Å²) in [7, 11) is 0. The van der Waals surface area contributed by atoms with Crippen LogP contribution in [0.5, 0.6) is 0 Å². The van der Waals surface area contributed by atoms with Gasteiger partial charge in [0.2, 0.25) is 5.91 Å². The Labute approximate surface area is 166 Å². The molecule has 0 unspecified atom stereocenters. The Hall–Kier alpha value is -1.73. The number of benzene rings is 1. The second kappa shape index (κ2) is 8.10. The average Bonchev–Trinajstić information content (AvgIpc) is 2.94. The number of nitrogens with zero attached hydrogens (tertiary/aromatic N) is 2. The fourth-order valence-corrected chi connectivity index (χ4v) is 4.42. The third kappa shape index (κ3) is 3.94. The molecular weight excluding hydrogens is 363 g/mol. The van der Waals surface area contributed by atoms with Crippen molar-refractivity contribution in [3.63, 3.8) is 0 Å². The molecule has 2 heterocycles. The first-order valence-electron chi connectivity index (χ1n) is 9.81. The fourth-order valence-electron chi connectivity index (χ4n) is 4.12. The number of hydrogen-bond donors (Lipinski definition) is 2. The highest BCUT2D eigenvalue weighted by Gasteiger charge is 2.51. The maximum Gasteiger partial charge on any atom is 0.241 e. The first-order valence-corrected chi connectivity index (χ1v) is 10.2. The monoisotopic (exact) mass is 392 g/mol. The average molecular weight is 393 g/mol. The highest BCUT2D eigenvalue weighted by molar-refractivity contribution is 7.80. The van der Waals surface area contributed by atoms with E-state index in [9.17, 15) is 9.18 Å². The zero-order chi connectivity index (χ0) is 19.6. The summed E-state index contributed by atoms with van der Waals surface area (Å²) in [6.45, 7) is 8.58. The first kappa shape index (κ1) is 20.0. The van der Waals surface area contributed by atoms with E-state index in [2.05, 4.69) is 29.4 Å². The number of likely N-dealkylation sites (N-methyl/N-ethyl adjacent to an activating group) is 1. The van der Waals surface area contributed by atoms with E-state index in [1.54, 1.807) is 12.1 Å². The molecule has 2 aliphatic rings. The maximum absolute atomic E-state index is 13.1. The molecule has 2 saturated heterocycles. The van der Waals surface area contributed by atoms with Crippen LogP contribution in [0.4, 0.5) is 10.1 Å². The molecule has 0 aromatic heterocycles. The predicted octanol–water partition coefficient (Wildman–Crippen LogP) is 3.18. The van der Waals surface area contributed by atoms with Gasteiger partial charge in [0.25, 0.3) is 0 Å². The van der Waals surface area contributed by atoms with Gasteiger partial charge in [0, 0.05) is 38.2 Å². The number of rotatable bonds is 4. The fraction of sp³-hybridized carbons (Fsp3) is 0.600. The summed E-state index contributed by atoms with van der Waals surface area (Å²) in [5, 5.41) is 7.49. The highest BCUT2D eigenvalue weighted by Crippen LogP contribution is 2.34. The lowest BCUT2D eigenvalue weighted by Gasteiger charge is -2.45. The maximum atomic E-state index is 13.1. The summed E-state index contributed by atoms with van der Waals surface area (Å²) >= 11 is 5.54. The van der Waals surface area contributed by atoms with Gasteiger partial charge in [0.1, 0.15) is 5.82 Å². The lowest BCUT2D eigenvalue weighted by molar-refractivity contribution is -0.133. The van der Waals surface area contributed by atoms with Crippen molar-refractivity contribution in [1.29, 1.82) is 0 Å². The van der Waals surface area contributed by atoms with Crippen molar-refractivity contribution >= 4 is 28.9 Å². The van der Waals surface area contributed by atoms with Gasteiger partial charge < -0.3 is 15.1 Å². The van der Waals surface area contributed by atoms with Crippen LogP contribution in [0.1, 0.15) is 40.0 Å². The minimum absolute atomic E-state index is 0.0919. The van der Waals surface area contributed by atoms with Crippen LogP contribution in [0.25, 0.3) is 0 Å². The van der Waals surface area contributed by atoms with Gasteiger partial charge in [-0.3, -0.25) is 10.1 Å². The third-order valence-electron chi connectivity index (χ3n) is 5.98. The molecule has 1 aromatic carbocycles. The lowest BCUT2D eigenvalue weighted by Crippen LogP contribution is -2.60. The van der Waals surface area contributed by atoms with Gasteiger partial charge in [-0.25, -0.2) is 4.39 Å². The number of likely N-dealkylation sites (tertiary alicyclic amines) is 1. The van der Waals surface area contributed by atoms with Crippen molar-refractivity contribution in [1.82, 2.24) is 15.1 Å². The summed E-state index contributed by atoms with van der Waals surface area (Å²) in [4.78, 5) is 17.0. The van der Waals surface area contributed by atoms with Crippen LogP contribution in [0, 0.1) is 11.7 Å². The summed E-state index contributed by atoms with van der Waals surface area (Å²) in [6.07, 6.45) is 2.66. The van der Waals surface area contributed by atoms with Gasteiger partial charge >= 0.3 is 0 Å². The molecule has 0 radical (unpaired) electrons. The Kier molecular flexibility index (Phi) is 6.01. The largest absolute Gasteiger partial charge is 0.349 e. The van der Waals surface area contributed by atoms with Gasteiger partial charge in [0.15, 0.2) is 5.11 Å². The molecule has 27 heavy (non-hydrogen) atoms. The van der Waals surface area contributed by atoms with E-state index in [1.165, 1.54) is 12.1 Å². The molecular formula is C20H29FN4OS. The Balaban J connectivity index is 1.64. The second-order valence-electron chi connectivity index (χ2n) is 7.55. The number of anilines is 1. The number of amides is 1. The molecule has 3 rings (SSSR count). The summed E-state index contributed by atoms with van der Waals surface area (Å²) < 4.78 is 13.1. The Morgan fingerprint density at radius 1 is 1.33 bits per heavy atom. The third-order valence-corrected chi connectivity index (χ3v) is 6.34. The number of halogens is 1. The Morgan fingerprint density at radius 3 is 2.52 bits per heavy atom. The number of nitrogens with one attached hydrogen (secondary N) is 2. The molecule has 0 aliphatic carbocycles. The standard InChI is InChI=1S/C20H29FN4OS/c1-4-14(3)17-18(26)25(5-2)20(23-17)10-12-24(13-11-20)19(27)22-16-8-6-15(21)7-9-16/h6-9,14,17,23H,4-5,10-13H2,1-3H3,(H,22,27)/t14-,17+/m0/s1. The molecule has 1 spiro atoms. The summed E-state index contributed by atoms with van der Waals surface area (Å²) in [5.41, 5.74) is 0.518. The molecule has 2 aliphatic heterocycles. The molecule has 5 nitrogen and oxygen atoms in total. The summed E-state index contributed by atoms with van der Waals surface area (Å²) in [5.74, 6) is 0.288. The van der Waals surface area contributed by atoms with Crippen molar-refractivity contribution in [2.75, 3.05) is 25.0 Å². The molecule has 7 heteroatoms. The van der Waals surface area contributed by atoms with Gasteiger partial charge in [0.05, 0.1) is 11.7 Å². The number of piperidine rings is 1. The quantitative estimate of drug-likeness (QED) is 0.771. The zero-order valence-electron chi connectivity index (χ0n) is 16.3. The summed E-state index contributed by atoms with van der Waals surface area (Å²) in [6, 6.07) is 6.10. The van der Waals surface area contributed by atoms with Crippen molar-refractivity contribution in [2.45, 2.75) is 51.7 Å².